The third-order valence-corrected chi connectivity index (χ3v) is 6.34. The largest absolute Gasteiger partial charge is 0.453 e. The molecule has 0 saturated heterocycles. The second-order valence-electron chi connectivity index (χ2n) is 7.35. The van der Waals surface area contributed by atoms with E-state index in [-0.39, 0.29) is 10.7 Å². The third kappa shape index (κ3) is 5.52. The van der Waals surface area contributed by atoms with Gasteiger partial charge >= 0.3 is 5.97 Å². The minimum atomic E-state index is -3.88. The monoisotopic (exact) mass is 417 g/mol. The average molecular weight is 418 g/mol. The van der Waals surface area contributed by atoms with Crippen molar-refractivity contribution in [3.8, 4) is 0 Å². The molecule has 156 valence electrons. The Hall–Kier alpha value is -2.51. The number of hydrogen-bond donors (Lipinski definition) is 1. The number of carbonyl (C=O) groups excluding carboxylic acids is 2. The first-order valence-electron chi connectivity index (χ1n) is 9.34. The zero-order valence-electron chi connectivity index (χ0n) is 17.6. The van der Waals surface area contributed by atoms with Crippen molar-refractivity contribution < 1.29 is 22.7 Å². The molecule has 7 heteroatoms. The molecule has 0 aliphatic carbocycles. The fraction of sp³-hybridized carbons (Fsp3) is 0.364. The topological polar surface area (TPSA) is 89.5 Å². The van der Waals surface area contributed by atoms with Gasteiger partial charge in [0.25, 0.3) is 0 Å². The molecule has 6 nitrogen and oxygen atoms in total. The highest BCUT2D eigenvalue weighted by atomic mass is 32.2. The van der Waals surface area contributed by atoms with Crippen molar-refractivity contribution in [2.75, 3.05) is 0 Å². The molecule has 1 N–H and O–H groups in total. The molecular weight excluding hydrogens is 390 g/mol. The van der Waals surface area contributed by atoms with E-state index >= 15 is 0 Å². The fourth-order valence-electron chi connectivity index (χ4n) is 2.84. The molecule has 2 rings (SSSR count). The molecule has 0 spiro atoms. The van der Waals surface area contributed by atoms with E-state index in [4.69, 9.17) is 4.74 Å². The number of sulfonamides is 1. The van der Waals surface area contributed by atoms with Gasteiger partial charge in [0.2, 0.25) is 15.8 Å². The summed E-state index contributed by atoms with van der Waals surface area (Å²) in [5.74, 6) is -1.14. The zero-order chi connectivity index (χ0) is 21.9. The normalized spacial score (nSPS) is 13.6. The summed E-state index contributed by atoms with van der Waals surface area (Å²) >= 11 is 0. The molecule has 0 saturated carbocycles. The van der Waals surface area contributed by atoms with Gasteiger partial charge in [-0.25, -0.2) is 8.42 Å². The van der Waals surface area contributed by atoms with Crippen LogP contribution in [0.2, 0.25) is 0 Å². The van der Waals surface area contributed by atoms with Crippen molar-refractivity contribution in [1.82, 2.24) is 4.72 Å². The molecule has 29 heavy (non-hydrogen) atoms. The average Bonchev–Trinajstić information content (AvgIpc) is 2.64. The lowest BCUT2D eigenvalue weighted by Gasteiger charge is -2.18. The van der Waals surface area contributed by atoms with Gasteiger partial charge in [-0.15, -0.1) is 0 Å². The molecular formula is C22H27NO5S. The number of benzene rings is 2. The minimum Gasteiger partial charge on any atom is -0.453 e. The number of nitrogens with one attached hydrogen (secondary N) is 1. The Morgan fingerprint density at radius 2 is 1.45 bits per heavy atom. The molecule has 0 radical (unpaired) electrons. The van der Waals surface area contributed by atoms with Gasteiger partial charge in [0, 0.05) is 5.56 Å². The molecule has 0 fully saturated rings. The molecule has 2 atom stereocenters. The number of ketones is 1. The summed E-state index contributed by atoms with van der Waals surface area (Å²) in [5, 5.41) is 0. The second kappa shape index (κ2) is 8.88. The van der Waals surface area contributed by atoms with Gasteiger partial charge < -0.3 is 4.74 Å². The quantitative estimate of drug-likeness (QED) is 0.551. The van der Waals surface area contributed by atoms with Crippen molar-refractivity contribution in [2.24, 2.45) is 0 Å². The first kappa shape index (κ1) is 22.8. The van der Waals surface area contributed by atoms with Crippen LogP contribution in [0.3, 0.4) is 0 Å². The van der Waals surface area contributed by atoms with Crippen molar-refractivity contribution >= 4 is 21.8 Å². The molecule has 0 aliphatic rings. The van der Waals surface area contributed by atoms with Crippen LogP contribution in [0, 0.1) is 27.7 Å². The number of carbonyl (C=O) groups is 2. The van der Waals surface area contributed by atoms with E-state index in [1.54, 1.807) is 18.2 Å². The van der Waals surface area contributed by atoms with E-state index in [2.05, 4.69) is 4.72 Å². The fourth-order valence-corrected chi connectivity index (χ4v) is 4.03. The van der Waals surface area contributed by atoms with Crippen LogP contribution in [0.5, 0.6) is 0 Å². The van der Waals surface area contributed by atoms with Crippen molar-refractivity contribution in [3.05, 3.63) is 64.2 Å². The number of aryl methyl sites for hydroxylation is 4. The smallest absolute Gasteiger partial charge is 0.324 e. The van der Waals surface area contributed by atoms with E-state index in [0.29, 0.717) is 5.56 Å². The van der Waals surface area contributed by atoms with Gasteiger partial charge in [-0.1, -0.05) is 23.8 Å². The second-order valence-corrected chi connectivity index (χ2v) is 9.06. The van der Waals surface area contributed by atoms with Gasteiger partial charge in [-0.2, -0.15) is 4.72 Å². The maximum atomic E-state index is 12.7. The van der Waals surface area contributed by atoms with Gasteiger partial charge in [-0.05, 0) is 76.4 Å². The number of hydrogen-bond acceptors (Lipinski definition) is 5. The van der Waals surface area contributed by atoms with Gasteiger partial charge in [-0.3, -0.25) is 9.59 Å². The Kier molecular flexibility index (Phi) is 6.97. The van der Waals surface area contributed by atoms with Crippen LogP contribution < -0.4 is 4.72 Å². The molecule has 0 heterocycles. The third-order valence-electron chi connectivity index (χ3n) is 4.79. The summed E-state index contributed by atoms with van der Waals surface area (Å²) in [7, 11) is -3.88. The van der Waals surface area contributed by atoms with Gasteiger partial charge in [0.05, 0.1) is 4.90 Å². The molecule has 0 bridgehead atoms. The first-order valence-corrected chi connectivity index (χ1v) is 10.8. The van der Waals surface area contributed by atoms with E-state index < -0.39 is 28.1 Å². The van der Waals surface area contributed by atoms with Crippen LogP contribution in [-0.2, 0) is 19.6 Å². The summed E-state index contributed by atoms with van der Waals surface area (Å²) in [5.41, 5.74) is 4.25. The number of ether oxygens (including phenoxy) is 1. The van der Waals surface area contributed by atoms with Crippen molar-refractivity contribution in [1.29, 1.82) is 0 Å². The Balaban J connectivity index is 2.07. The van der Waals surface area contributed by atoms with Crippen LogP contribution in [-0.4, -0.2) is 32.3 Å². The minimum absolute atomic E-state index is 0.0534. The molecule has 0 aromatic heterocycles. The predicted molar refractivity (Wildman–Crippen MR) is 112 cm³/mol. The van der Waals surface area contributed by atoms with E-state index in [9.17, 15) is 18.0 Å². The number of Topliss-reactive ketones (excluding diaryl/α,β-unsaturated/α-hetero) is 1. The lowest BCUT2D eigenvalue weighted by Crippen LogP contribution is -2.41. The molecule has 1 unspecified atom stereocenters. The highest BCUT2D eigenvalue weighted by molar-refractivity contribution is 7.89. The number of esters is 1. The maximum Gasteiger partial charge on any atom is 0.324 e. The summed E-state index contributed by atoms with van der Waals surface area (Å²) in [6.07, 6.45) is -1.03. The van der Waals surface area contributed by atoms with Crippen LogP contribution in [0.1, 0.15) is 46.5 Å². The van der Waals surface area contributed by atoms with Gasteiger partial charge in [0.1, 0.15) is 6.04 Å². The molecule has 0 amide bonds. The van der Waals surface area contributed by atoms with Crippen LogP contribution in [0.4, 0.5) is 0 Å². The summed E-state index contributed by atoms with van der Waals surface area (Å²) in [6, 6.07) is 8.82. The van der Waals surface area contributed by atoms with Crippen molar-refractivity contribution in [2.45, 2.75) is 58.6 Å². The number of rotatable bonds is 7. The lowest BCUT2D eigenvalue weighted by molar-refractivity contribution is -0.147. The van der Waals surface area contributed by atoms with Crippen molar-refractivity contribution in [3.63, 3.8) is 0 Å². The standard InChI is InChI=1S/C22H27NO5S/c1-13-7-9-19(10-8-13)29(26,27)23-17(5)22(25)28-18(6)21(24)20-12-15(3)14(2)11-16(20)4/h7-12,17-18,23H,1-6H3/t17-,18?/m0/s1. The van der Waals surface area contributed by atoms with E-state index in [1.807, 2.05) is 33.8 Å². The lowest BCUT2D eigenvalue weighted by atomic mass is 9.96. The van der Waals surface area contributed by atoms with Crippen LogP contribution >= 0.6 is 0 Å². The Morgan fingerprint density at radius 1 is 0.897 bits per heavy atom. The summed E-state index contributed by atoms with van der Waals surface area (Å²) < 4.78 is 32.4. The predicted octanol–water partition coefficient (Wildman–Crippen LogP) is 3.40. The first-order chi connectivity index (χ1) is 13.4. The van der Waals surface area contributed by atoms with Crippen LogP contribution in [0.25, 0.3) is 0 Å². The summed E-state index contributed by atoms with van der Waals surface area (Å²) in [4.78, 5) is 25.1. The van der Waals surface area contributed by atoms with Crippen LogP contribution in [0.15, 0.2) is 41.3 Å². The zero-order valence-corrected chi connectivity index (χ0v) is 18.4. The summed E-state index contributed by atoms with van der Waals surface area (Å²) in [6.45, 7) is 10.4. The van der Waals surface area contributed by atoms with Gasteiger partial charge in [0.15, 0.2) is 6.10 Å². The Labute approximate surface area is 172 Å². The molecule has 2 aromatic carbocycles. The Morgan fingerprint density at radius 3 is 2.03 bits per heavy atom. The highest BCUT2D eigenvalue weighted by Crippen LogP contribution is 2.18. The van der Waals surface area contributed by atoms with E-state index in [1.165, 1.54) is 26.0 Å². The molecule has 2 aromatic rings. The SMILES string of the molecule is Cc1ccc(S(=O)(=O)N[C@@H](C)C(=O)OC(C)C(=O)c2cc(C)c(C)cc2C)cc1. The maximum absolute atomic E-state index is 12.7. The highest BCUT2D eigenvalue weighted by Gasteiger charge is 2.27. The Bertz CT molecular complexity index is 1030. The van der Waals surface area contributed by atoms with E-state index in [0.717, 1.165) is 22.3 Å². The molecule has 0 aliphatic heterocycles.